The number of aryl methyl sites for hydroxylation is 1. The molecule has 2 aromatic carbocycles. The van der Waals surface area contributed by atoms with Crippen LogP contribution in [0.3, 0.4) is 0 Å². The first-order valence-corrected chi connectivity index (χ1v) is 9.53. The quantitative estimate of drug-likeness (QED) is 0.607. The lowest BCUT2D eigenvalue weighted by atomic mass is 10.1. The van der Waals surface area contributed by atoms with Gasteiger partial charge in [0.2, 0.25) is 5.82 Å². The molecule has 0 saturated heterocycles. The lowest BCUT2D eigenvalue weighted by molar-refractivity contribution is 0.230. The summed E-state index contributed by atoms with van der Waals surface area (Å²) >= 11 is 6.31. The van der Waals surface area contributed by atoms with Crippen molar-refractivity contribution in [3.05, 3.63) is 47.0 Å². The minimum Gasteiger partial charge on any atom is -0.489 e. The van der Waals surface area contributed by atoms with Crippen LogP contribution >= 0.6 is 11.6 Å². The third kappa shape index (κ3) is 4.64. The normalized spacial score (nSPS) is 12.2. The maximum absolute atomic E-state index is 6.31. The van der Waals surface area contributed by atoms with Crippen LogP contribution in [0.15, 0.2) is 40.9 Å². The van der Waals surface area contributed by atoms with Gasteiger partial charge >= 0.3 is 0 Å². The molecule has 1 aromatic heterocycles. The highest BCUT2D eigenvalue weighted by molar-refractivity contribution is 6.32. The number of rotatable bonds is 7. The summed E-state index contributed by atoms with van der Waals surface area (Å²) in [4.78, 5) is 4.51. The number of nitrogens with zero attached hydrogens (tertiary/aromatic N) is 2. The van der Waals surface area contributed by atoms with Crippen molar-refractivity contribution in [2.75, 3.05) is 6.54 Å². The summed E-state index contributed by atoms with van der Waals surface area (Å²) in [6.45, 7) is 8.25. The van der Waals surface area contributed by atoms with Gasteiger partial charge in [-0.15, -0.1) is 0 Å². The Balaban J connectivity index is 1.83. The molecule has 0 aliphatic rings. The SMILES string of the molecule is Cc1cc(OC(C)CN)ccc1-c1noc(-c2ccc(OC(C)C)c(Cl)c2)n1. The van der Waals surface area contributed by atoms with Gasteiger partial charge < -0.3 is 19.7 Å². The van der Waals surface area contributed by atoms with Gasteiger partial charge in [0.05, 0.1) is 11.1 Å². The molecule has 0 fully saturated rings. The fourth-order valence-corrected chi connectivity index (χ4v) is 2.90. The van der Waals surface area contributed by atoms with Crippen LogP contribution in [0.5, 0.6) is 11.5 Å². The Morgan fingerprint density at radius 3 is 2.54 bits per heavy atom. The number of benzene rings is 2. The third-order valence-corrected chi connectivity index (χ3v) is 4.37. The molecular weight excluding hydrogens is 378 g/mol. The maximum Gasteiger partial charge on any atom is 0.258 e. The van der Waals surface area contributed by atoms with Crippen molar-refractivity contribution >= 4 is 11.6 Å². The van der Waals surface area contributed by atoms with E-state index < -0.39 is 0 Å². The first kappa shape index (κ1) is 20.2. The van der Waals surface area contributed by atoms with Crippen LogP contribution in [0.1, 0.15) is 26.3 Å². The van der Waals surface area contributed by atoms with E-state index in [1.54, 1.807) is 12.1 Å². The van der Waals surface area contributed by atoms with Gasteiger partial charge in [-0.3, -0.25) is 0 Å². The lowest BCUT2D eigenvalue weighted by Gasteiger charge is -2.13. The largest absolute Gasteiger partial charge is 0.489 e. The molecular formula is C21H24ClN3O3. The minimum atomic E-state index is -0.0468. The monoisotopic (exact) mass is 401 g/mol. The average molecular weight is 402 g/mol. The second-order valence-electron chi connectivity index (χ2n) is 6.88. The summed E-state index contributed by atoms with van der Waals surface area (Å²) in [5.41, 5.74) is 8.19. The molecule has 3 aromatic rings. The average Bonchev–Trinajstić information content (AvgIpc) is 3.13. The Hall–Kier alpha value is -2.57. The third-order valence-electron chi connectivity index (χ3n) is 4.08. The van der Waals surface area contributed by atoms with Crippen LogP contribution < -0.4 is 15.2 Å². The van der Waals surface area contributed by atoms with Crippen molar-refractivity contribution in [2.24, 2.45) is 5.73 Å². The van der Waals surface area contributed by atoms with Crippen LogP contribution in [-0.4, -0.2) is 28.9 Å². The summed E-state index contributed by atoms with van der Waals surface area (Å²) in [6.07, 6.45) is -0.00412. The molecule has 0 aliphatic heterocycles. The zero-order valence-electron chi connectivity index (χ0n) is 16.4. The number of ether oxygens (including phenoxy) is 2. The van der Waals surface area contributed by atoms with Gasteiger partial charge in [0.1, 0.15) is 17.6 Å². The van der Waals surface area contributed by atoms with Crippen molar-refractivity contribution in [1.82, 2.24) is 10.1 Å². The predicted molar refractivity (Wildman–Crippen MR) is 110 cm³/mol. The molecule has 1 unspecified atom stereocenters. The fraction of sp³-hybridized carbons (Fsp3) is 0.333. The Morgan fingerprint density at radius 1 is 1.11 bits per heavy atom. The van der Waals surface area contributed by atoms with Crippen LogP contribution in [-0.2, 0) is 0 Å². The minimum absolute atomic E-state index is 0.0427. The molecule has 1 heterocycles. The lowest BCUT2D eigenvalue weighted by Crippen LogP contribution is -2.22. The van der Waals surface area contributed by atoms with Gasteiger partial charge in [-0.05, 0) is 69.7 Å². The summed E-state index contributed by atoms with van der Waals surface area (Å²) in [5, 5.41) is 4.61. The van der Waals surface area contributed by atoms with E-state index in [2.05, 4.69) is 10.1 Å². The van der Waals surface area contributed by atoms with E-state index in [0.717, 1.165) is 22.4 Å². The second-order valence-corrected chi connectivity index (χ2v) is 7.28. The topological polar surface area (TPSA) is 83.4 Å². The number of halogens is 1. The summed E-state index contributed by atoms with van der Waals surface area (Å²) in [7, 11) is 0. The zero-order valence-corrected chi connectivity index (χ0v) is 17.2. The van der Waals surface area contributed by atoms with E-state index in [-0.39, 0.29) is 12.2 Å². The maximum atomic E-state index is 6.31. The van der Waals surface area contributed by atoms with E-state index in [1.165, 1.54) is 0 Å². The van der Waals surface area contributed by atoms with Gasteiger partial charge in [-0.2, -0.15) is 4.98 Å². The molecule has 148 valence electrons. The molecule has 3 rings (SSSR count). The molecule has 0 saturated carbocycles. The molecule has 0 spiro atoms. The molecule has 7 heteroatoms. The molecule has 2 N–H and O–H groups in total. The van der Waals surface area contributed by atoms with E-state index in [0.29, 0.717) is 29.0 Å². The van der Waals surface area contributed by atoms with Crippen molar-refractivity contribution in [3.63, 3.8) is 0 Å². The van der Waals surface area contributed by atoms with Crippen molar-refractivity contribution in [3.8, 4) is 34.3 Å². The molecule has 0 bridgehead atoms. The highest BCUT2D eigenvalue weighted by Crippen LogP contribution is 2.32. The Kier molecular flexibility index (Phi) is 6.21. The van der Waals surface area contributed by atoms with Gasteiger partial charge in [0, 0.05) is 17.7 Å². The molecule has 28 heavy (non-hydrogen) atoms. The van der Waals surface area contributed by atoms with Crippen LogP contribution in [0, 0.1) is 6.92 Å². The van der Waals surface area contributed by atoms with Gasteiger partial charge in [-0.25, -0.2) is 0 Å². The van der Waals surface area contributed by atoms with Crippen molar-refractivity contribution in [2.45, 2.75) is 39.9 Å². The highest BCUT2D eigenvalue weighted by Gasteiger charge is 2.15. The first-order chi connectivity index (χ1) is 13.4. The zero-order chi connectivity index (χ0) is 20.3. The molecule has 6 nitrogen and oxygen atoms in total. The van der Waals surface area contributed by atoms with Gasteiger partial charge in [0.25, 0.3) is 5.89 Å². The molecule has 0 aliphatic carbocycles. The van der Waals surface area contributed by atoms with Crippen LogP contribution in [0.4, 0.5) is 0 Å². The van der Waals surface area contributed by atoms with Gasteiger partial charge in [-0.1, -0.05) is 16.8 Å². The standard InChI is InChI=1S/C21H24ClN3O3/c1-12(2)26-19-8-5-15(10-18(19)22)21-24-20(25-28-21)17-7-6-16(9-13(17)3)27-14(4)11-23/h5-10,12,14H,11,23H2,1-4H3. The number of nitrogens with two attached hydrogens (primary N) is 1. The fourth-order valence-electron chi connectivity index (χ4n) is 2.67. The Labute approximate surface area is 169 Å². The van der Waals surface area contributed by atoms with E-state index in [1.807, 2.05) is 52.0 Å². The molecule has 1 atom stereocenters. The number of hydrogen-bond acceptors (Lipinski definition) is 6. The Bertz CT molecular complexity index is 956. The van der Waals surface area contributed by atoms with E-state index in [4.69, 9.17) is 31.3 Å². The van der Waals surface area contributed by atoms with Crippen molar-refractivity contribution in [1.29, 1.82) is 0 Å². The summed E-state index contributed by atoms with van der Waals surface area (Å²) in [5.74, 6) is 2.28. The highest BCUT2D eigenvalue weighted by atomic mass is 35.5. The molecule has 0 amide bonds. The number of hydrogen-bond donors (Lipinski definition) is 1. The van der Waals surface area contributed by atoms with E-state index >= 15 is 0 Å². The second kappa shape index (κ2) is 8.63. The van der Waals surface area contributed by atoms with E-state index in [9.17, 15) is 0 Å². The summed E-state index contributed by atoms with van der Waals surface area (Å²) in [6, 6.07) is 11.1. The first-order valence-electron chi connectivity index (χ1n) is 9.15. The number of aromatic nitrogens is 2. The Morgan fingerprint density at radius 2 is 1.89 bits per heavy atom. The molecule has 0 radical (unpaired) electrons. The summed E-state index contributed by atoms with van der Waals surface area (Å²) < 4.78 is 16.8. The smallest absolute Gasteiger partial charge is 0.258 e. The van der Waals surface area contributed by atoms with Crippen molar-refractivity contribution < 1.29 is 14.0 Å². The van der Waals surface area contributed by atoms with Crippen LogP contribution in [0.2, 0.25) is 5.02 Å². The van der Waals surface area contributed by atoms with Gasteiger partial charge in [0.15, 0.2) is 0 Å². The predicted octanol–water partition coefficient (Wildman–Crippen LogP) is 4.88. The van der Waals surface area contributed by atoms with Crippen LogP contribution in [0.25, 0.3) is 22.8 Å².